The first-order valence-electron chi connectivity index (χ1n) is 5.16. The average molecular weight is 262 g/mol. The normalized spacial score (nSPS) is 20.1. The maximum Gasteiger partial charge on any atom is 0.214 e. The first-order valence-corrected chi connectivity index (χ1v) is 7.54. The van der Waals surface area contributed by atoms with Gasteiger partial charge in [-0.25, -0.2) is 8.42 Å². The fraction of sp³-hybridized carbons (Fsp3) is 0.750. The summed E-state index contributed by atoms with van der Waals surface area (Å²) in [6.07, 6.45) is 0.705. The van der Waals surface area contributed by atoms with Crippen LogP contribution in [0.4, 0.5) is 5.00 Å². The summed E-state index contributed by atoms with van der Waals surface area (Å²) >= 11 is 1.26. The Morgan fingerprint density at radius 3 is 3.00 bits per heavy atom. The topological polar surface area (TPSA) is 75.2 Å². The van der Waals surface area contributed by atoms with E-state index in [0.717, 1.165) is 17.2 Å². The van der Waals surface area contributed by atoms with Crippen molar-refractivity contribution in [1.29, 1.82) is 0 Å². The van der Waals surface area contributed by atoms with Gasteiger partial charge < -0.3 is 5.32 Å². The van der Waals surface area contributed by atoms with Crippen LogP contribution in [0.15, 0.2) is 0 Å². The van der Waals surface area contributed by atoms with Crippen molar-refractivity contribution in [2.24, 2.45) is 0 Å². The van der Waals surface area contributed by atoms with Crippen molar-refractivity contribution in [2.75, 3.05) is 24.2 Å². The second-order valence-corrected chi connectivity index (χ2v) is 6.42. The lowest BCUT2D eigenvalue weighted by atomic mass is 10.4. The minimum absolute atomic E-state index is 0.251. The van der Waals surface area contributed by atoms with Crippen LogP contribution in [0.3, 0.4) is 0 Å². The van der Waals surface area contributed by atoms with E-state index in [1.54, 1.807) is 0 Å². The molecule has 2 heterocycles. The molecule has 2 rings (SSSR count). The zero-order valence-electron chi connectivity index (χ0n) is 9.01. The van der Waals surface area contributed by atoms with Gasteiger partial charge in [-0.2, -0.15) is 4.31 Å². The number of rotatable bonds is 4. The molecule has 16 heavy (non-hydrogen) atoms. The molecule has 0 amide bonds. The molecule has 0 bridgehead atoms. The van der Waals surface area contributed by atoms with Gasteiger partial charge in [-0.1, -0.05) is 4.49 Å². The average Bonchev–Trinajstić information content (AvgIpc) is 2.77. The minimum Gasteiger partial charge on any atom is -0.374 e. The van der Waals surface area contributed by atoms with Crippen LogP contribution >= 0.6 is 11.5 Å². The third kappa shape index (κ3) is 2.33. The van der Waals surface area contributed by atoms with Gasteiger partial charge in [0.2, 0.25) is 10.0 Å². The number of sulfonamides is 1. The molecule has 0 aliphatic carbocycles. The Hall–Kier alpha value is -0.730. The Balaban J connectivity index is 2.12. The Labute approximate surface area is 98.9 Å². The van der Waals surface area contributed by atoms with Crippen LogP contribution in [0.5, 0.6) is 0 Å². The van der Waals surface area contributed by atoms with Crippen LogP contribution in [-0.4, -0.2) is 41.2 Å². The minimum atomic E-state index is -3.05. The lowest BCUT2D eigenvalue weighted by Gasteiger charge is -2.12. The van der Waals surface area contributed by atoms with Crippen molar-refractivity contribution in [3.63, 3.8) is 0 Å². The molecule has 0 radical (unpaired) electrons. The summed E-state index contributed by atoms with van der Waals surface area (Å²) in [5.74, 6) is 0.251. The molecular weight excluding hydrogens is 248 g/mol. The molecule has 1 aromatic rings. The molecular formula is C8H14N4O2S2. The molecule has 1 N–H and O–H groups in total. The molecule has 0 atom stereocenters. The van der Waals surface area contributed by atoms with Gasteiger partial charge in [0.05, 0.1) is 12.3 Å². The maximum atomic E-state index is 11.6. The molecule has 1 saturated heterocycles. The summed E-state index contributed by atoms with van der Waals surface area (Å²) in [7, 11) is -3.05. The number of aromatic nitrogens is 2. The highest BCUT2D eigenvalue weighted by Crippen LogP contribution is 2.23. The van der Waals surface area contributed by atoms with Crippen molar-refractivity contribution in [3.05, 3.63) is 5.69 Å². The highest BCUT2D eigenvalue weighted by molar-refractivity contribution is 7.89. The molecule has 0 aromatic carbocycles. The standard InChI is InChI=1S/C8H14N4O2S2/c1-2-9-8-7(10-11-15-8)6-12-4-3-5-16(12,13)14/h9H,2-6H2,1H3. The number of nitrogens with one attached hydrogen (secondary N) is 1. The Kier molecular flexibility index (Phi) is 3.41. The monoisotopic (exact) mass is 262 g/mol. The fourth-order valence-corrected chi connectivity index (χ4v) is 3.76. The SMILES string of the molecule is CCNc1snnc1CN1CCCS1(=O)=O. The van der Waals surface area contributed by atoms with E-state index < -0.39 is 10.0 Å². The molecule has 0 spiro atoms. The van der Waals surface area contributed by atoms with Crippen LogP contribution in [0.1, 0.15) is 19.0 Å². The van der Waals surface area contributed by atoms with E-state index in [1.165, 1.54) is 15.8 Å². The number of hydrogen-bond acceptors (Lipinski definition) is 6. The summed E-state index contributed by atoms with van der Waals surface area (Å²) in [6, 6.07) is 0. The van der Waals surface area contributed by atoms with Crippen molar-refractivity contribution in [3.8, 4) is 0 Å². The highest BCUT2D eigenvalue weighted by Gasteiger charge is 2.29. The molecule has 6 nitrogen and oxygen atoms in total. The third-order valence-corrected chi connectivity index (χ3v) is 5.05. The molecule has 1 aliphatic heterocycles. The lowest BCUT2D eigenvalue weighted by molar-refractivity contribution is 0.435. The predicted octanol–water partition coefficient (Wildman–Crippen LogP) is 0.505. The third-order valence-electron chi connectivity index (χ3n) is 2.42. The lowest BCUT2D eigenvalue weighted by Crippen LogP contribution is -2.25. The summed E-state index contributed by atoms with van der Waals surface area (Å²) in [5.41, 5.74) is 0.720. The first kappa shape index (κ1) is 11.7. The Morgan fingerprint density at radius 2 is 2.38 bits per heavy atom. The number of nitrogens with zero attached hydrogens (tertiary/aromatic N) is 3. The molecule has 0 saturated carbocycles. The van der Waals surface area contributed by atoms with E-state index in [4.69, 9.17) is 0 Å². The second kappa shape index (κ2) is 4.64. The number of anilines is 1. The van der Waals surface area contributed by atoms with Crippen LogP contribution in [0.2, 0.25) is 0 Å². The number of hydrogen-bond donors (Lipinski definition) is 1. The van der Waals surface area contributed by atoms with Crippen LogP contribution in [0.25, 0.3) is 0 Å². The van der Waals surface area contributed by atoms with E-state index in [9.17, 15) is 8.42 Å². The van der Waals surface area contributed by atoms with E-state index in [0.29, 0.717) is 19.5 Å². The maximum absolute atomic E-state index is 11.6. The largest absolute Gasteiger partial charge is 0.374 e. The van der Waals surface area contributed by atoms with Gasteiger partial charge in [0, 0.05) is 24.6 Å². The van der Waals surface area contributed by atoms with Crippen molar-refractivity contribution < 1.29 is 8.42 Å². The smallest absolute Gasteiger partial charge is 0.214 e. The summed E-state index contributed by atoms with van der Waals surface area (Å²) in [5, 5.41) is 7.96. The van der Waals surface area contributed by atoms with E-state index in [-0.39, 0.29) is 5.75 Å². The van der Waals surface area contributed by atoms with E-state index in [1.807, 2.05) is 6.92 Å². The van der Waals surface area contributed by atoms with Gasteiger partial charge in [-0.15, -0.1) is 5.10 Å². The summed E-state index contributed by atoms with van der Waals surface area (Å²) < 4.78 is 28.6. The van der Waals surface area contributed by atoms with Gasteiger partial charge in [0.1, 0.15) is 10.7 Å². The summed E-state index contributed by atoms with van der Waals surface area (Å²) in [6.45, 7) is 3.69. The highest BCUT2D eigenvalue weighted by atomic mass is 32.2. The fourth-order valence-electron chi connectivity index (χ4n) is 1.64. The predicted molar refractivity (Wildman–Crippen MR) is 62.9 cm³/mol. The molecule has 1 fully saturated rings. The molecule has 8 heteroatoms. The molecule has 0 unspecified atom stereocenters. The van der Waals surface area contributed by atoms with Gasteiger partial charge in [-0.3, -0.25) is 0 Å². The van der Waals surface area contributed by atoms with Crippen molar-refractivity contribution in [2.45, 2.75) is 19.9 Å². The summed E-state index contributed by atoms with van der Waals surface area (Å²) in [4.78, 5) is 0. The Morgan fingerprint density at radius 1 is 1.56 bits per heavy atom. The second-order valence-electron chi connectivity index (χ2n) is 3.58. The quantitative estimate of drug-likeness (QED) is 0.855. The van der Waals surface area contributed by atoms with Gasteiger partial charge in [0.15, 0.2) is 0 Å². The Bertz CT molecular complexity index is 456. The van der Waals surface area contributed by atoms with Gasteiger partial charge >= 0.3 is 0 Å². The molecule has 1 aliphatic rings. The van der Waals surface area contributed by atoms with E-state index >= 15 is 0 Å². The van der Waals surface area contributed by atoms with Crippen molar-refractivity contribution >= 4 is 26.6 Å². The zero-order chi connectivity index (χ0) is 11.6. The van der Waals surface area contributed by atoms with Crippen LogP contribution in [0, 0.1) is 0 Å². The van der Waals surface area contributed by atoms with Gasteiger partial charge in [0.25, 0.3) is 0 Å². The first-order chi connectivity index (χ1) is 7.63. The zero-order valence-corrected chi connectivity index (χ0v) is 10.6. The molecule has 1 aromatic heterocycles. The van der Waals surface area contributed by atoms with Crippen molar-refractivity contribution in [1.82, 2.24) is 13.9 Å². The van der Waals surface area contributed by atoms with Crippen LogP contribution < -0.4 is 5.32 Å². The van der Waals surface area contributed by atoms with E-state index in [2.05, 4.69) is 14.9 Å². The molecule has 90 valence electrons. The van der Waals surface area contributed by atoms with Gasteiger partial charge in [-0.05, 0) is 13.3 Å². The van der Waals surface area contributed by atoms with Crippen LogP contribution in [-0.2, 0) is 16.6 Å².